The van der Waals surface area contributed by atoms with Gasteiger partial charge in [0.1, 0.15) is 23.1 Å². The van der Waals surface area contributed by atoms with E-state index in [0.717, 1.165) is 28.6 Å². The van der Waals surface area contributed by atoms with Gasteiger partial charge in [0.15, 0.2) is 5.65 Å². The number of carbonyl (C=O) groups is 1. The van der Waals surface area contributed by atoms with E-state index in [1.165, 1.54) is 6.20 Å². The number of fused-ring (bicyclic) bond motifs is 1. The molecule has 1 aliphatic rings. The molecule has 0 bridgehead atoms. The molecule has 1 aromatic carbocycles. The largest absolute Gasteiger partial charge is 0.573 e. The molecule has 4 rings (SSSR count). The molecule has 174 valence electrons. The quantitative estimate of drug-likeness (QED) is 0.579. The summed E-state index contributed by atoms with van der Waals surface area (Å²) in [6.45, 7) is -0.268. The normalized spacial score (nSPS) is 17.8. The molecular formula is C19H16F3N5O5S. The van der Waals surface area contributed by atoms with Crippen molar-refractivity contribution in [3.8, 4) is 5.75 Å². The number of sulfonamides is 1. The molecule has 0 spiro atoms. The topological polar surface area (TPSA) is 126 Å². The molecule has 3 aromatic rings. The minimum atomic E-state index is -4.92. The lowest BCUT2D eigenvalue weighted by atomic mass is 10.2. The van der Waals surface area contributed by atoms with Gasteiger partial charge in [-0.05, 0) is 36.4 Å². The molecule has 14 heteroatoms. The van der Waals surface area contributed by atoms with Crippen LogP contribution in [0.5, 0.6) is 5.75 Å². The predicted molar refractivity (Wildman–Crippen MR) is 108 cm³/mol. The van der Waals surface area contributed by atoms with Gasteiger partial charge in [-0.1, -0.05) is 0 Å². The van der Waals surface area contributed by atoms with Crippen molar-refractivity contribution in [3.05, 3.63) is 48.8 Å². The number of carboxylic acids is 1. The van der Waals surface area contributed by atoms with Crippen molar-refractivity contribution in [1.29, 1.82) is 0 Å². The van der Waals surface area contributed by atoms with E-state index in [1.807, 2.05) is 0 Å². The number of ether oxygens (including phenoxy) is 1. The number of halogens is 3. The summed E-state index contributed by atoms with van der Waals surface area (Å²) in [5.74, 6) is -1.60. The first-order valence-corrected chi connectivity index (χ1v) is 10.9. The van der Waals surface area contributed by atoms with Crippen molar-refractivity contribution in [1.82, 2.24) is 19.3 Å². The first-order valence-electron chi connectivity index (χ1n) is 9.48. The zero-order valence-electron chi connectivity index (χ0n) is 16.7. The van der Waals surface area contributed by atoms with Crippen molar-refractivity contribution in [2.75, 3.05) is 24.5 Å². The second-order valence-electron chi connectivity index (χ2n) is 7.01. The minimum absolute atomic E-state index is 0.124. The molecule has 33 heavy (non-hydrogen) atoms. The van der Waals surface area contributed by atoms with Crippen LogP contribution in [0.15, 0.2) is 53.7 Å². The van der Waals surface area contributed by atoms with Gasteiger partial charge in [-0.15, -0.1) is 13.2 Å². The maximum Gasteiger partial charge on any atom is 0.573 e. The molecule has 1 atom stereocenters. The Labute approximate surface area is 185 Å². The first-order chi connectivity index (χ1) is 15.5. The Hall–Kier alpha value is -3.52. The van der Waals surface area contributed by atoms with Gasteiger partial charge in [-0.2, -0.15) is 4.31 Å². The van der Waals surface area contributed by atoms with E-state index in [9.17, 15) is 31.5 Å². The van der Waals surface area contributed by atoms with Crippen LogP contribution in [0, 0.1) is 0 Å². The number of rotatable bonds is 5. The Kier molecular flexibility index (Phi) is 5.80. The second kappa shape index (κ2) is 8.44. The van der Waals surface area contributed by atoms with Crippen LogP contribution in [-0.4, -0.2) is 70.8 Å². The van der Waals surface area contributed by atoms with E-state index < -0.39 is 34.1 Å². The number of aliphatic carboxylic acids is 1. The van der Waals surface area contributed by atoms with Gasteiger partial charge in [-0.3, -0.25) is 4.79 Å². The standard InChI is InChI=1S/C19H16F3N5O5S/c20-19(21,22)32-12-3-5-13(6-4-12)33(30,31)27-9-8-26(11-15(27)18(28)29)16-10-24-17-14(25-16)2-1-7-23-17/h1-7,10,15H,8-9,11H2,(H,28,29)/t15-/m1/s1. The molecule has 0 aliphatic carbocycles. The number of pyridine rings is 1. The summed E-state index contributed by atoms with van der Waals surface area (Å²) in [4.78, 5) is 25.8. The fourth-order valence-corrected chi connectivity index (χ4v) is 4.98. The first kappa shape index (κ1) is 22.7. The highest BCUT2D eigenvalue weighted by Gasteiger charge is 2.41. The summed E-state index contributed by atoms with van der Waals surface area (Å²) in [5, 5.41) is 9.70. The number of hydrogen-bond donors (Lipinski definition) is 1. The van der Waals surface area contributed by atoms with Gasteiger partial charge in [-0.25, -0.2) is 23.4 Å². The summed E-state index contributed by atoms with van der Waals surface area (Å²) in [6.07, 6.45) is -1.94. The molecule has 1 saturated heterocycles. The average molecular weight is 483 g/mol. The maximum absolute atomic E-state index is 13.1. The number of aromatic nitrogens is 3. The maximum atomic E-state index is 13.1. The molecule has 0 radical (unpaired) electrons. The van der Waals surface area contributed by atoms with E-state index in [-0.39, 0.29) is 24.5 Å². The van der Waals surface area contributed by atoms with Crippen LogP contribution in [-0.2, 0) is 14.8 Å². The van der Waals surface area contributed by atoms with E-state index in [0.29, 0.717) is 17.0 Å². The third-order valence-electron chi connectivity index (χ3n) is 4.91. The third-order valence-corrected chi connectivity index (χ3v) is 6.83. The number of nitrogens with zero attached hydrogens (tertiary/aromatic N) is 5. The molecule has 0 unspecified atom stereocenters. The second-order valence-corrected chi connectivity index (χ2v) is 8.90. The number of alkyl halides is 3. The van der Waals surface area contributed by atoms with Gasteiger partial charge < -0.3 is 14.7 Å². The Morgan fingerprint density at radius 3 is 2.52 bits per heavy atom. The molecule has 0 amide bonds. The summed E-state index contributed by atoms with van der Waals surface area (Å²) in [6, 6.07) is 5.49. The number of carboxylic acid groups (broad SMARTS) is 1. The van der Waals surface area contributed by atoms with Crippen molar-refractivity contribution in [2.24, 2.45) is 0 Å². The van der Waals surface area contributed by atoms with Crippen LogP contribution in [0.3, 0.4) is 0 Å². The molecular weight excluding hydrogens is 467 g/mol. The Balaban J connectivity index is 1.57. The lowest BCUT2D eigenvalue weighted by Crippen LogP contribution is -2.58. The van der Waals surface area contributed by atoms with Crippen LogP contribution < -0.4 is 9.64 Å². The van der Waals surface area contributed by atoms with E-state index in [4.69, 9.17) is 0 Å². The van der Waals surface area contributed by atoms with Gasteiger partial charge in [0, 0.05) is 25.8 Å². The zero-order valence-corrected chi connectivity index (χ0v) is 17.5. The highest BCUT2D eigenvalue weighted by Crippen LogP contribution is 2.28. The van der Waals surface area contributed by atoms with Crippen LogP contribution in [0.25, 0.3) is 11.2 Å². The number of hydrogen-bond acceptors (Lipinski definition) is 8. The fourth-order valence-electron chi connectivity index (χ4n) is 3.41. The van der Waals surface area contributed by atoms with Crippen LogP contribution in [0.1, 0.15) is 0 Å². The highest BCUT2D eigenvalue weighted by atomic mass is 32.2. The van der Waals surface area contributed by atoms with Gasteiger partial charge in [0.2, 0.25) is 10.0 Å². The van der Waals surface area contributed by atoms with Crippen molar-refractivity contribution >= 4 is 33.0 Å². The van der Waals surface area contributed by atoms with Crippen LogP contribution in [0.4, 0.5) is 19.0 Å². The Morgan fingerprint density at radius 2 is 1.85 bits per heavy atom. The SMILES string of the molecule is O=C(O)[C@H]1CN(c2cnc3ncccc3n2)CCN1S(=O)(=O)c1ccc(OC(F)(F)F)cc1. The summed E-state index contributed by atoms with van der Waals surface area (Å²) in [7, 11) is -4.31. The third kappa shape index (κ3) is 4.80. The predicted octanol–water partition coefficient (Wildman–Crippen LogP) is 1.89. The van der Waals surface area contributed by atoms with Crippen molar-refractivity contribution in [2.45, 2.75) is 17.3 Å². The van der Waals surface area contributed by atoms with Crippen molar-refractivity contribution < 1.29 is 36.2 Å². The number of benzene rings is 1. The monoisotopic (exact) mass is 483 g/mol. The Morgan fingerprint density at radius 1 is 1.12 bits per heavy atom. The molecule has 10 nitrogen and oxygen atoms in total. The van der Waals surface area contributed by atoms with Crippen molar-refractivity contribution in [3.63, 3.8) is 0 Å². The minimum Gasteiger partial charge on any atom is -0.480 e. The van der Waals surface area contributed by atoms with Crippen LogP contribution >= 0.6 is 0 Å². The van der Waals surface area contributed by atoms with Crippen LogP contribution in [0.2, 0.25) is 0 Å². The van der Waals surface area contributed by atoms with Gasteiger partial charge in [0.05, 0.1) is 11.1 Å². The fraction of sp³-hybridized carbons (Fsp3) is 0.263. The van der Waals surface area contributed by atoms with Gasteiger partial charge in [0.25, 0.3) is 0 Å². The van der Waals surface area contributed by atoms with E-state index >= 15 is 0 Å². The molecule has 0 saturated carbocycles. The van der Waals surface area contributed by atoms with E-state index in [2.05, 4.69) is 19.7 Å². The molecule has 1 N–H and O–H groups in total. The zero-order chi connectivity index (χ0) is 23.8. The lowest BCUT2D eigenvalue weighted by molar-refractivity contribution is -0.274. The summed E-state index contributed by atoms with van der Waals surface area (Å²) < 4.78 is 67.7. The highest BCUT2D eigenvalue weighted by molar-refractivity contribution is 7.89. The average Bonchev–Trinajstić information content (AvgIpc) is 2.77. The smallest absolute Gasteiger partial charge is 0.480 e. The molecule has 3 heterocycles. The molecule has 1 aliphatic heterocycles. The van der Waals surface area contributed by atoms with Gasteiger partial charge >= 0.3 is 12.3 Å². The molecule has 1 fully saturated rings. The summed E-state index contributed by atoms with van der Waals surface area (Å²) in [5.41, 5.74) is 0.910. The number of anilines is 1. The molecule has 2 aromatic heterocycles. The Bertz CT molecular complexity index is 1290. The number of piperazine rings is 1. The van der Waals surface area contributed by atoms with E-state index in [1.54, 1.807) is 23.2 Å². The summed E-state index contributed by atoms with van der Waals surface area (Å²) >= 11 is 0. The lowest BCUT2D eigenvalue weighted by Gasteiger charge is -2.38.